The summed E-state index contributed by atoms with van der Waals surface area (Å²) in [7, 11) is 0. The molecule has 0 bridgehead atoms. The molecule has 10 aromatic rings. The van der Waals surface area contributed by atoms with Gasteiger partial charge in [0, 0.05) is 33.4 Å². The minimum atomic E-state index is 0.622. The quantitative estimate of drug-likeness (QED) is 0.146. The van der Waals surface area contributed by atoms with Crippen LogP contribution in [0.2, 0.25) is 0 Å². The van der Waals surface area contributed by atoms with Crippen LogP contribution >= 0.6 is 0 Å². The molecule has 2 heterocycles. The van der Waals surface area contributed by atoms with Gasteiger partial charge < -0.3 is 0 Å². The third-order valence-corrected chi connectivity index (χ3v) is 10.5. The van der Waals surface area contributed by atoms with Crippen LogP contribution in [-0.4, -0.2) is 24.9 Å². The Kier molecular flexibility index (Phi) is 9.88. The van der Waals surface area contributed by atoms with Crippen LogP contribution in [0.4, 0.5) is 0 Å². The van der Waals surface area contributed by atoms with E-state index in [-0.39, 0.29) is 0 Å². The SMILES string of the molecule is c1ccc(-c2cc(-c3ccccc3)cc(-c3cc(-c4cccc(-c5ccc(-c6nc(-c7ccccc7)nc(-c7ccccc7)n6)cc5)c4)nc(-c4ccccc4)n3)c2)cc1. The molecule has 0 aliphatic rings. The summed E-state index contributed by atoms with van der Waals surface area (Å²) in [5, 5.41) is 0. The molecule has 0 unspecified atom stereocenters. The minimum Gasteiger partial charge on any atom is -0.228 e. The lowest BCUT2D eigenvalue weighted by molar-refractivity contribution is 1.07. The molecule has 282 valence electrons. The van der Waals surface area contributed by atoms with Crippen molar-refractivity contribution in [1.29, 1.82) is 0 Å². The Bertz CT molecular complexity index is 2930. The number of nitrogens with zero attached hydrogens (tertiary/aromatic N) is 5. The Morgan fingerprint density at radius 2 is 0.450 bits per heavy atom. The van der Waals surface area contributed by atoms with Crippen LogP contribution in [0.1, 0.15) is 0 Å². The number of rotatable bonds is 9. The van der Waals surface area contributed by atoms with Gasteiger partial charge >= 0.3 is 0 Å². The van der Waals surface area contributed by atoms with E-state index in [0.717, 1.165) is 78.1 Å². The fourth-order valence-corrected chi connectivity index (χ4v) is 7.44. The first kappa shape index (κ1) is 36.2. The first-order valence-electron chi connectivity index (χ1n) is 20.0. The molecule has 60 heavy (non-hydrogen) atoms. The summed E-state index contributed by atoms with van der Waals surface area (Å²) >= 11 is 0. The zero-order valence-corrected chi connectivity index (χ0v) is 32.6. The Morgan fingerprint density at radius 3 is 0.900 bits per heavy atom. The van der Waals surface area contributed by atoms with Crippen LogP contribution in [0.5, 0.6) is 0 Å². The van der Waals surface area contributed by atoms with Crippen molar-refractivity contribution < 1.29 is 0 Å². The van der Waals surface area contributed by atoms with Gasteiger partial charge in [0.1, 0.15) is 0 Å². The molecule has 0 N–H and O–H groups in total. The third-order valence-electron chi connectivity index (χ3n) is 10.5. The van der Waals surface area contributed by atoms with Crippen molar-refractivity contribution >= 4 is 0 Å². The smallest absolute Gasteiger partial charge is 0.164 e. The van der Waals surface area contributed by atoms with E-state index < -0.39 is 0 Å². The fraction of sp³-hybridized carbons (Fsp3) is 0. The average molecular weight is 768 g/mol. The van der Waals surface area contributed by atoms with Gasteiger partial charge in [0.2, 0.25) is 0 Å². The zero-order chi connectivity index (χ0) is 40.1. The highest BCUT2D eigenvalue weighted by Gasteiger charge is 2.16. The molecule has 5 nitrogen and oxygen atoms in total. The van der Waals surface area contributed by atoms with E-state index >= 15 is 0 Å². The predicted octanol–water partition coefficient (Wildman–Crippen LogP) is 13.7. The van der Waals surface area contributed by atoms with Crippen LogP contribution in [-0.2, 0) is 0 Å². The number of benzene rings is 8. The van der Waals surface area contributed by atoms with Gasteiger partial charge in [-0.1, -0.05) is 194 Å². The lowest BCUT2D eigenvalue weighted by atomic mass is 9.94. The molecular formula is C55H37N5. The van der Waals surface area contributed by atoms with E-state index in [1.165, 1.54) is 0 Å². The molecule has 8 aromatic carbocycles. The van der Waals surface area contributed by atoms with Crippen molar-refractivity contribution in [3.63, 3.8) is 0 Å². The predicted molar refractivity (Wildman–Crippen MR) is 244 cm³/mol. The Hall–Kier alpha value is -8.15. The van der Waals surface area contributed by atoms with Crippen molar-refractivity contribution in [2.75, 3.05) is 0 Å². The second kappa shape index (κ2) is 16.4. The zero-order valence-electron chi connectivity index (χ0n) is 32.6. The van der Waals surface area contributed by atoms with Crippen molar-refractivity contribution in [1.82, 2.24) is 24.9 Å². The highest BCUT2D eigenvalue weighted by molar-refractivity contribution is 5.83. The van der Waals surface area contributed by atoms with Gasteiger partial charge in [-0.15, -0.1) is 0 Å². The molecule has 0 radical (unpaired) electrons. The Balaban J connectivity index is 1.04. The molecule has 2 aromatic heterocycles. The van der Waals surface area contributed by atoms with E-state index in [2.05, 4.69) is 146 Å². The van der Waals surface area contributed by atoms with E-state index in [0.29, 0.717) is 23.3 Å². The van der Waals surface area contributed by atoms with Gasteiger partial charge in [0.05, 0.1) is 11.4 Å². The summed E-state index contributed by atoms with van der Waals surface area (Å²) in [6.45, 7) is 0. The molecule has 0 saturated carbocycles. The topological polar surface area (TPSA) is 64.5 Å². The average Bonchev–Trinajstić information content (AvgIpc) is 3.35. The van der Waals surface area contributed by atoms with Crippen LogP contribution in [0.15, 0.2) is 224 Å². The molecule has 10 rings (SSSR count). The molecule has 0 spiro atoms. The Morgan fingerprint density at radius 1 is 0.167 bits per heavy atom. The second-order valence-corrected chi connectivity index (χ2v) is 14.6. The van der Waals surface area contributed by atoms with Crippen molar-refractivity contribution in [3.8, 4) is 101 Å². The van der Waals surface area contributed by atoms with Gasteiger partial charge in [-0.25, -0.2) is 24.9 Å². The first-order chi connectivity index (χ1) is 29.7. The molecule has 0 aliphatic heterocycles. The maximum atomic E-state index is 5.21. The molecule has 0 atom stereocenters. The minimum absolute atomic E-state index is 0.622. The maximum Gasteiger partial charge on any atom is 0.164 e. The van der Waals surface area contributed by atoms with E-state index in [4.69, 9.17) is 24.9 Å². The second-order valence-electron chi connectivity index (χ2n) is 14.6. The maximum absolute atomic E-state index is 5.21. The summed E-state index contributed by atoms with van der Waals surface area (Å²) in [6, 6.07) is 77.2. The lowest BCUT2D eigenvalue weighted by Crippen LogP contribution is -2.00. The highest BCUT2D eigenvalue weighted by Crippen LogP contribution is 2.36. The van der Waals surface area contributed by atoms with Gasteiger partial charge in [-0.3, -0.25) is 0 Å². The van der Waals surface area contributed by atoms with Crippen LogP contribution in [0.3, 0.4) is 0 Å². The summed E-state index contributed by atoms with van der Waals surface area (Å²) < 4.78 is 0. The van der Waals surface area contributed by atoms with Crippen LogP contribution in [0.25, 0.3) is 101 Å². The number of hydrogen-bond acceptors (Lipinski definition) is 5. The van der Waals surface area contributed by atoms with Crippen LogP contribution < -0.4 is 0 Å². The molecule has 0 saturated heterocycles. The third kappa shape index (κ3) is 7.76. The van der Waals surface area contributed by atoms with E-state index in [9.17, 15) is 0 Å². The van der Waals surface area contributed by atoms with E-state index in [1.54, 1.807) is 0 Å². The molecule has 0 fully saturated rings. The van der Waals surface area contributed by atoms with E-state index in [1.807, 2.05) is 78.9 Å². The van der Waals surface area contributed by atoms with Crippen molar-refractivity contribution in [3.05, 3.63) is 224 Å². The number of aromatic nitrogens is 5. The Labute approximate surface area is 349 Å². The fourth-order valence-electron chi connectivity index (χ4n) is 7.44. The highest BCUT2D eigenvalue weighted by atomic mass is 15.0. The van der Waals surface area contributed by atoms with Gasteiger partial charge in [0.25, 0.3) is 0 Å². The standard InChI is InChI=1S/C55H37N5/c1-6-17-38(18-7-1)47-34-48(39-19-8-2-9-20-39)36-49(35-47)51-37-50(56-52(57-51)41-21-10-3-11-22-41)46-28-16-27-45(33-46)40-29-31-44(32-30-40)55-59-53(42-23-12-4-13-24-42)58-54(60-55)43-25-14-5-15-26-43/h1-37H. The van der Waals surface area contributed by atoms with Gasteiger partial charge in [-0.05, 0) is 63.7 Å². The van der Waals surface area contributed by atoms with Crippen molar-refractivity contribution in [2.45, 2.75) is 0 Å². The monoisotopic (exact) mass is 767 g/mol. The first-order valence-corrected chi connectivity index (χ1v) is 20.0. The normalized spacial score (nSPS) is 11.0. The largest absolute Gasteiger partial charge is 0.228 e. The lowest BCUT2D eigenvalue weighted by Gasteiger charge is -2.14. The molecule has 5 heteroatoms. The number of hydrogen-bond donors (Lipinski definition) is 0. The summed E-state index contributed by atoms with van der Waals surface area (Å²) in [5.74, 6) is 2.57. The molecular weight excluding hydrogens is 731 g/mol. The summed E-state index contributed by atoms with van der Waals surface area (Å²) in [6.07, 6.45) is 0. The van der Waals surface area contributed by atoms with Crippen LogP contribution in [0, 0.1) is 0 Å². The molecule has 0 amide bonds. The van der Waals surface area contributed by atoms with Gasteiger partial charge in [-0.2, -0.15) is 0 Å². The van der Waals surface area contributed by atoms with Gasteiger partial charge in [0.15, 0.2) is 23.3 Å². The van der Waals surface area contributed by atoms with Crippen molar-refractivity contribution in [2.24, 2.45) is 0 Å². The molecule has 0 aliphatic carbocycles. The summed E-state index contributed by atoms with van der Waals surface area (Å²) in [5.41, 5.74) is 14.2. The summed E-state index contributed by atoms with van der Waals surface area (Å²) in [4.78, 5) is 25.1.